The summed E-state index contributed by atoms with van der Waals surface area (Å²) in [5.41, 5.74) is 0. The molecule has 0 aromatic heterocycles. The highest BCUT2D eigenvalue weighted by atomic mass is 35.5. The first-order valence-electron chi connectivity index (χ1n) is 0.565. The molecule has 6 heteroatoms. The van der Waals surface area contributed by atoms with Crippen LogP contribution in [0.3, 0.4) is 0 Å². The van der Waals surface area contributed by atoms with Crippen molar-refractivity contribution in [2.75, 3.05) is 0 Å². The van der Waals surface area contributed by atoms with Crippen LogP contribution in [0.15, 0.2) is 0 Å². The van der Waals surface area contributed by atoms with E-state index in [1.165, 1.54) is 0 Å². The van der Waals surface area contributed by atoms with Crippen molar-refractivity contribution in [2.24, 2.45) is 0 Å². The summed E-state index contributed by atoms with van der Waals surface area (Å²) in [6, 6.07) is 0. The Morgan fingerprint density at radius 2 is 1.50 bits per heavy atom. The topological polar surface area (TPSA) is 63.4 Å². The first kappa shape index (κ1) is 17.1. The van der Waals surface area contributed by atoms with Gasteiger partial charge in [0.05, 0.1) is 0 Å². The first-order valence-corrected chi connectivity index (χ1v) is 0.565. The fraction of sp³-hybridized carbons (Fsp3) is 0. The monoisotopic (exact) mass is 135 g/mol. The van der Waals surface area contributed by atoms with Gasteiger partial charge in [0.2, 0.25) is 0 Å². The molecule has 0 aromatic rings. The molecule has 0 aliphatic carbocycles. The Labute approximate surface area is 46.1 Å². The van der Waals surface area contributed by atoms with Gasteiger partial charge in [-0.2, -0.15) is 0 Å². The molecular weight excluding hydrogens is 133 g/mol. The highest BCUT2D eigenvalue weighted by molar-refractivity contribution is 5.85. The normalized spacial score (nSPS) is 4.00. The molecule has 0 aliphatic rings. The van der Waals surface area contributed by atoms with Gasteiger partial charge >= 0.3 is 0 Å². The lowest BCUT2D eigenvalue weighted by Crippen LogP contribution is -1.81. The fourth-order valence-electron chi connectivity index (χ4n) is 0. The SMILES string of the molecule is Cl.Cl.O=[N+]([O-])O. The second-order valence-electron chi connectivity index (χ2n) is 0.238. The molecule has 0 amide bonds. The van der Waals surface area contributed by atoms with Crippen LogP contribution < -0.4 is 0 Å². The van der Waals surface area contributed by atoms with Crippen molar-refractivity contribution in [3.05, 3.63) is 10.1 Å². The maximum absolute atomic E-state index is 8.36. The van der Waals surface area contributed by atoms with Crippen molar-refractivity contribution in [1.29, 1.82) is 0 Å². The molecule has 0 unspecified atom stereocenters. The molecule has 0 radical (unpaired) electrons. The van der Waals surface area contributed by atoms with Gasteiger partial charge in [0.25, 0.3) is 5.09 Å². The molecule has 0 aliphatic heterocycles. The molecule has 40 valence electrons. The third-order valence-electron chi connectivity index (χ3n) is 0. The lowest BCUT2D eigenvalue weighted by molar-refractivity contribution is -0.742. The molecular formula is H3Cl2NO3. The minimum Gasteiger partial charge on any atom is -0.328 e. The average molecular weight is 136 g/mol. The van der Waals surface area contributed by atoms with Crippen LogP contribution in [0, 0.1) is 10.1 Å². The molecule has 0 bridgehead atoms. The zero-order valence-corrected chi connectivity index (χ0v) is 4.16. The fourth-order valence-corrected chi connectivity index (χ4v) is 0. The average Bonchev–Trinajstić information content (AvgIpc) is 0.811. The van der Waals surface area contributed by atoms with E-state index in [-0.39, 0.29) is 24.8 Å². The molecule has 0 saturated carbocycles. The molecule has 1 N–H and O–H groups in total. The van der Waals surface area contributed by atoms with Crippen LogP contribution >= 0.6 is 24.8 Å². The van der Waals surface area contributed by atoms with E-state index in [2.05, 4.69) is 0 Å². The van der Waals surface area contributed by atoms with Crippen LogP contribution in [0.2, 0.25) is 0 Å². The van der Waals surface area contributed by atoms with Crippen molar-refractivity contribution in [3.63, 3.8) is 0 Å². The Morgan fingerprint density at radius 1 is 1.50 bits per heavy atom. The molecule has 0 rings (SSSR count). The molecule has 4 nitrogen and oxygen atoms in total. The maximum atomic E-state index is 8.36. The smallest absolute Gasteiger partial charge is 0.291 e. The standard InChI is InChI=1S/2ClH.HNO3/c;;2-1(3)4/h2*1H;(H,2,3,4). The van der Waals surface area contributed by atoms with Crippen molar-refractivity contribution in [1.82, 2.24) is 0 Å². The number of hydrogen-bond acceptors (Lipinski definition) is 2. The van der Waals surface area contributed by atoms with Gasteiger partial charge in [-0.25, -0.2) is 0 Å². The van der Waals surface area contributed by atoms with Crippen molar-refractivity contribution >= 4 is 24.8 Å². The number of hydrogen-bond donors (Lipinski definition) is 1. The third-order valence-corrected chi connectivity index (χ3v) is 0. The summed E-state index contributed by atoms with van der Waals surface area (Å²) in [7, 11) is 0. The molecule has 0 heterocycles. The van der Waals surface area contributed by atoms with Crippen LogP contribution in [0.25, 0.3) is 0 Å². The van der Waals surface area contributed by atoms with Crippen molar-refractivity contribution in [2.45, 2.75) is 0 Å². The van der Waals surface area contributed by atoms with Gasteiger partial charge in [0.1, 0.15) is 0 Å². The van der Waals surface area contributed by atoms with E-state index >= 15 is 0 Å². The zero-order valence-electron chi connectivity index (χ0n) is 2.53. The number of halogens is 2. The van der Waals surface area contributed by atoms with E-state index in [1.54, 1.807) is 0 Å². The van der Waals surface area contributed by atoms with E-state index < -0.39 is 5.09 Å². The van der Waals surface area contributed by atoms with E-state index in [4.69, 9.17) is 15.3 Å². The van der Waals surface area contributed by atoms with Crippen LogP contribution in [0.1, 0.15) is 0 Å². The summed E-state index contributed by atoms with van der Waals surface area (Å²) in [5.74, 6) is 0. The summed E-state index contributed by atoms with van der Waals surface area (Å²) >= 11 is 0. The van der Waals surface area contributed by atoms with Crippen LogP contribution in [-0.4, -0.2) is 10.3 Å². The Bertz CT molecular complexity index is 31.8. The predicted molar refractivity (Wildman–Crippen MR) is 23.3 cm³/mol. The van der Waals surface area contributed by atoms with Gasteiger partial charge in [-0.05, 0) is 0 Å². The molecule has 0 saturated heterocycles. The van der Waals surface area contributed by atoms with Gasteiger partial charge in [-0.3, -0.25) is 0 Å². The zero-order chi connectivity index (χ0) is 3.58. The molecule has 0 atom stereocenters. The van der Waals surface area contributed by atoms with Gasteiger partial charge in [-0.15, -0.1) is 34.9 Å². The Kier molecular flexibility index (Phi) is 25.2. The number of nitrogens with zero attached hydrogens (tertiary/aromatic N) is 1. The summed E-state index contributed by atoms with van der Waals surface area (Å²) in [6.45, 7) is 0. The lowest BCUT2D eigenvalue weighted by Gasteiger charge is -1.56. The quantitative estimate of drug-likeness (QED) is 0.389. The van der Waals surface area contributed by atoms with Crippen molar-refractivity contribution in [3.8, 4) is 0 Å². The van der Waals surface area contributed by atoms with Gasteiger partial charge in [-0.1, -0.05) is 0 Å². The Balaban J connectivity index is -0.0000000450. The van der Waals surface area contributed by atoms with Crippen molar-refractivity contribution < 1.29 is 10.3 Å². The molecule has 6 heavy (non-hydrogen) atoms. The summed E-state index contributed by atoms with van der Waals surface area (Å²) in [4.78, 5) is 8.36. The summed E-state index contributed by atoms with van der Waals surface area (Å²) in [5, 5.41) is 13.6. The highest BCUT2D eigenvalue weighted by Gasteiger charge is 1.65. The summed E-state index contributed by atoms with van der Waals surface area (Å²) in [6.07, 6.45) is 0. The predicted octanol–water partition coefficient (Wildman–Crippen LogP) is 0.496. The Morgan fingerprint density at radius 3 is 1.50 bits per heavy atom. The van der Waals surface area contributed by atoms with Gasteiger partial charge in [0.15, 0.2) is 0 Å². The molecule has 0 fully saturated rings. The molecule has 0 aromatic carbocycles. The minimum absolute atomic E-state index is 0. The summed E-state index contributed by atoms with van der Waals surface area (Å²) < 4.78 is 0. The van der Waals surface area contributed by atoms with Gasteiger partial charge in [0, 0.05) is 0 Å². The molecule has 0 spiro atoms. The van der Waals surface area contributed by atoms with Crippen LogP contribution in [0.4, 0.5) is 0 Å². The highest BCUT2D eigenvalue weighted by Crippen LogP contribution is 1.38. The van der Waals surface area contributed by atoms with Crippen LogP contribution in [-0.2, 0) is 0 Å². The van der Waals surface area contributed by atoms with E-state index in [0.717, 1.165) is 0 Å². The van der Waals surface area contributed by atoms with E-state index in [1.807, 2.05) is 0 Å². The maximum Gasteiger partial charge on any atom is 0.291 e. The third kappa shape index (κ3) is 604. The van der Waals surface area contributed by atoms with E-state index in [0.29, 0.717) is 0 Å². The first-order chi connectivity index (χ1) is 1.73. The van der Waals surface area contributed by atoms with Gasteiger partial charge < -0.3 is 5.21 Å². The van der Waals surface area contributed by atoms with E-state index in [9.17, 15) is 0 Å². The second kappa shape index (κ2) is 8.84. The largest absolute Gasteiger partial charge is 0.328 e. The Hall–Kier alpha value is -0.220. The minimum atomic E-state index is -1.50. The lowest BCUT2D eigenvalue weighted by atomic mass is 13.1. The second-order valence-corrected chi connectivity index (χ2v) is 0.238. The number of rotatable bonds is 0. The van der Waals surface area contributed by atoms with Crippen LogP contribution in [0.5, 0.6) is 0 Å².